The van der Waals surface area contributed by atoms with E-state index in [-0.39, 0.29) is 12.0 Å². The van der Waals surface area contributed by atoms with Gasteiger partial charge in [0.25, 0.3) is 0 Å². The normalized spacial score (nSPS) is 18.5. The van der Waals surface area contributed by atoms with Crippen LogP contribution in [0.5, 0.6) is 0 Å². The summed E-state index contributed by atoms with van der Waals surface area (Å²) in [6.45, 7) is 15.6. The third-order valence-electron chi connectivity index (χ3n) is 4.72. The molecule has 0 aromatic heterocycles. The minimum atomic E-state index is 0.0254. The highest BCUT2D eigenvalue weighted by atomic mass is 16.5. The molecule has 1 heterocycles. The van der Waals surface area contributed by atoms with E-state index in [9.17, 15) is 4.79 Å². The Bertz CT molecular complexity index is 592. The lowest BCUT2D eigenvalue weighted by atomic mass is 10.1. The van der Waals surface area contributed by atoms with E-state index in [0.717, 1.165) is 49.6 Å². The van der Waals surface area contributed by atoms with Crippen molar-refractivity contribution < 1.29 is 9.53 Å². The number of amides is 1. The monoisotopic (exact) mass is 361 g/mol. The van der Waals surface area contributed by atoms with E-state index in [1.54, 1.807) is 0 Å². The van der Waals surface area contributed by atoms with Gasteiger partial charge in [0.2, 0.25) is 5.91 Å². The highest BCUT2D eigenvalue weighted by molar-refractivity contribution is 5.93. The van der Waals surface area contributed by atoms with Gasteiger partial charge >= 0.3 is 0 Å². The van der Waals surface area contributed by atoms with Crippen LogP contribution in [0.15, 0.2) is 12.1 Å². The van der Waals surface area contributed by atoms with Crippen molar-refractivity contribution in [1.82, 2.24) is 9.80 Å². The molecule has 1 atom stereocenters. The van der Waals surface area contributed by atoms with Gasteiger partial charge in [-0.1, -0.05) is 31.5 Å². The zero-order valence-corrected chi connectivity index (χ0v) is 17.3. The van der Waals surface area contributed by atoms with Gasteiger partial charge in [-0.2, -0.15) is 0 Å². The summed E-state index contributed by atoms with van der Waals surface area (Å²) in [5.74, 6) is 0.690. The molecule has 146 valence electrons. The Hall–Kier alpha value is -1.43. The van der Waals surface area contributed by atoms with Crippen LogP contribution in [-0.2, 0) is 9.53 Å². The number of carbonyl (C=O) groups is 1. The SMILES string of the molecule is Cc1cc(C)c(NC(=O)CN(C)C[C@H]2CN(CC(C)C)CCO2)c(C)c1. The van der Waals surface area contributed by atoms with Gasteiger partial charge in [-0.05, 0) is 44.9 Å². The number of nitrogens with one attached hydrogen (secondary N) is 1. The molecule has 1 saturated heterocycles. The van der Waals surface area contributed by atoms with E-state index >= 15 is 0 Å². The van der Waals surface area contributed by atoms with Gasteiger partial charge in [-0.25, -0.2) is 0 Å². The fraction of sp³-hybridized carbons (Fsp3) is 0.667. The number of aryl methyl sites for hydroxylation is 3. The Morgan fingerprint density at radius 3 is 2.58 bits per heavy atom. The molecule has 1 N–H and O–H groups in total. The molecule has 26 heavy (non-hydrogen) atoms. The molecular formula is C21H35N3O2. The number of benzene rings is 1. The third-order valence-corrected chi connectivity index (χ3v) is 4.72. The van der Waals surface area contributed by atoms with E-state index in [2.05, 4.69) is 48.0 Å². The zero-order chi connectivity index (χ0) is 19.3. The topological polar surface area (TPSA) is 44.8 Å². The van der Waals surface area contributed by atoms with Crippen molar-refractivity contribution in [3.8, 4) is 0 Å². The number of ether oxygens (including phenoxy) is 1. The lowest BCUT2D eigenvalue weighted by Gasteiger charge is -2.35. The Labute approximate surface area is 158 Å². The predicted molar refractivity (Wildman–Crippen MR) is 108 cm³/mol. The number of hydrogen-bond donors (Lipinski definition) is 1. The molecule has 1 aromatic rings. The van der Waals surface area contributed by atoms with Crippen molar-refractivity contribution in [2.24, 2.45) is 5.92 Å². The van der Waals surface area contributed by atoms with Crippen molar-refractivity contribution in [3.05, 3.63) is 28.8 Å². The maximum Gasteiger partial charge on any atom is 0.238 e. The number of carbonyl (C=O) groups excluding carboxylic acids is 1. The minimum Gasteiger partial charge on any atom is -0.374 e. The van der Waals surface area contributed by atoms with Crippen molar-refractivity contribution in [2.45, 2.75) is 40.7 Å². The summed E-state index contributed by atoms with van der Waals surface area (Å²) in [4.78, 5) is 17.0. The van der Waals surface area contributed by atoms with Gasteiger partial charge in [0.05, 0.1) is 19.3 Å². The maximum atomic E-state index is 12.5. The molecule has 1 aliphatic rings. The first-order valence-corrected chi connectivity index (χ1v) is 9.64. The molecule has 0 radical (unpaired) electrons. The Kier molecular flexibility index (Phi) is 7.62. The number of likely N-dealkylation sites (N-methyl/N-ethyl adjacent to an activating group) is 1. The van der Waals surface area contributed by atoms with Gasteiger partial charge < -0.3 is 10.1 Å². The summed E-state index contributed by atoms with van der Waals surface area (Å²) in [5.41, 5.74) is 4.37. The number of hydrogen-bond acceptors (Lipinski definition) is 4. The van der Waals surface area contributed by atoms with E-state index in [1.165, 1.54) is 5.56 Å². The van der Waals surface area contributed by atoms with Crippen LogP contribution in [0.25, 0.3) is 0 Å². The molecule has 0 saturated carbocycles. The number of anilines is 1. The van der Waals surface area contributed by atoms with E-state index in [4.69, 9.17) is 4.74 Å². The molecule has 0 unspecified atom stereocenters. The van der Waals surface area contributed by atoms with Crippen molar-refractivity contribution in [3.63, 3.8) is 0 Å². The molecule has 5 heteroatoms. The van der Waals surface area contributed by atoms with Gasteiger partial charge in [0.1, 0.15) is 0 Å². The van der Waals surface area contributed by atoms with Crippen LogP contribution in [0.3, 0.4) is 0 Å². The number of rotatable bonds is 7. The van der Waals surface area contributed by atoms with Crippen LogP contribution in [0.1, 0.15) is 30.5 Å². The third kappa shape index (κ3) is 6.38. The van der Waals surface area contributed by atoms with Crippen molar-refractivity contribution >= 4 is 11.6 Å². The highest BCUT2D eigenvalue weighted by Gasteiger charge is 2.23. The Morgan fingerprint density at radius 2 is 1.96 bits per heavy atom. The highest BCUT2D eigenvalue weighted by Crippen LogP contribution is 2.21. The first kappa shape index (κ1) is 20.9. The van der Waals surface area contributed by atoms with Gasteiger partial charge in [0.15, 0.2) is 0 Å². The van der Waals surface area contributed by atoms with Gasteiger partial charge in [-0.3, -0.25) is 14.6 Å². The Balaban J connectivity index is 1.84. The van der Waals surface area contributed by atoms with E-state index in [0.29, 0.717) is 12.5 Å². The molecule has 1 aliphatic heterocycles. The molecular weight excluding hydrogens is 326 g/mol. The summed E-state index contributed by atoms with van der Waals surface area (Å²) in [6, 6.07) is 4.21. The van der Waals surface area contributed by atoms with Crippen molar-refractivity contribution in [2.75, 3.05) is 51.7 Å². The van der Waals surface area contributed by atoms with Crippen LogP contribution in [0.4, 0.5) is 5.69 Å². The van der Waals surface area contributed by atoms with Crippen LogP contribution >= 0.6 is 0 Å². The maximum absolute atomic E-state index is 12.5. The van der Waals surface area contributed by atoms with Crippen molar-refractivity contribution in [1.29, 1.82) is 0 Å². The van der Waals surface area contributed by atoms with Crippen LogP contribution < -0.4 is 5.32 Å². The quantitative estimate of drug-likeness (QED) is 0.811. The van der Waals surface area contributed by atoms with Crippen LogP contribution in [0, 0.1) is 26.7 Å². The molecule has 5 nitrogen and oxygen atoms in total. The average molecular weight is 362 g/mol. The van der Waals surface area contributed by atoms with E-state index < -0.39 is 0 Å². The smallest absolute Gasteiger partial charge is 0.238 e. The minimum absolute atomic E-state index is 0.0254. The molecule has 0 spiro atoms. The fourth-order valence-corrected chi connectivity index (χ4v) is 3.79. The second-order valence-electron chi connectivity index (χ2n) is 8.16. The van der Waals surface area contributed by atoms with Crippen LogP contribution in [0.2, 0.25) is 0 Å². The summed E-state index contributed by atoms with van der Waals surface area (Å²) in [7, 11) is 1.99. The number of nitrogens with zero attached hydrogens (tertiary/aromatic N) is 2. The predicted octanol–water partition coefficient (Wildman–Crippen LogP) is 2.84. The van der Waals surface area contributed by atoms with E-state index in [1.807, 2.05) is 20.9 Å². The molecule has 2 rings (SSSR count). The number of morpholine rings is 1. The summed E-state index contributed by atoms with van der Waals surface area (Å²) >= 11 is 0. The van der Waals surface area contributed by atoms with Gasteiger partial charge in [-0.15, -0.1) is 0 Å². The first-order valence-electron chi connectivity index (χ1n) is 9.64. The fourth-order valence-electron chi connectivity index (χ4n) is 3.79. The second-order valence-corrected chi connectivity index (χ2v) is 8.16. The largest absolute Gasteiger partial charge is 0.374 e. The molecule has 0 bridgehead atoms. The first-order chi connectivity index (χ1) is 12.2. The molecule has 1 fully saturated rings. The zero-order valence-electron chi connectivity index (χ0n) is 17.3. The standard InChI is InChI=1S/C21H35N3O2/c1-15(2)11-24-7-8-26-19(13-24)12-23(6)14-20(25)22-21-17(4)9-16(3)10-18(21)5/h9-10,15,19H,7-8,11-14H2,1-6H3,(H,22,25)/t19-/m0/s1. The summed E-state index contributed by atoms with van der Waals surface area (Å²) in [6.07, 6.45) is 0.170. The molecule has 1 amide bonds. The van der Waals surface area contributed by atoms with Crippen LogP contribution in [-0.4, -0.2) is 68.2 Å². The molecule has 1 aromatic carbocycles. The summed E-state index contributed by atoms with van der Waals surface area (Å²) < 4.78 is 5.90. The van der Waals surface area contributed by atoms with Gasteiger partial charge in [0, 0.05) is 31.9 Å². The average Bonchev–Trinajstić information content (AvgIpc) is 2.50. The lowest BCUT2D eigenvalue weighted by molar-refractivity contribution is -0.117. The second kappa shape index (κ2) is 9.49. The summed E-state index contributed by atoms with van der Waals surface area (Å²) in [5, 5.41) is 3.08. The lowest BCUT2D eigenvalue weighted by Crippen LogP contribution is -2.48. The molecule has 0 aliphatic carbocycles. The Morgan fingerprint density at radius 1 is 1.31 bits per heavy atom.